The first-order valence-electron chi connectivity index (χ1n) is 49.6. The first kappa shape index (κ1) is 129. The summed E-state index contributed by atoms with van der Waals surface area (Å²) in [6, 6.07) is -3.53. The third-order valence-electron chi connectivity index (χ3n) is 21.8. The largest absolute Gasteiger partial charge is 0.463 e. The molecule has 15 atom stereocenters. The maximum atomic E-state index is 14.2. The highest BCUT2D eigenvalue weighted by Crippen LogP contribution is 2.33. The number of hydrogen-bond acceptors (Lipinski definition) is 39. The van der Waals surface area contributed by atoms with Gasteiger partial charge >= 0.3 is 53.7 Å². The molecule has 11 amide bonds. The summed E-state index contributed by atoms with van der Waals surface area (Å²) in [5.74, 6) is -11.0. The second-order valence-electron chi connectivity index (χ2n) is 35.0. The zero-order chi connectivity index (χ0) is 108. The van der Waals surface area contributed by atoms with Crippen molar-refractivity contribution in [1.82, 2.24) is 58.5 Å². The van der Waals surface area contributed by atoms with Crippen LogP contribution < -0.4 is 58.5 Å². The Kier molecular flexibility index (Phi) is 66.1. The minimum atomic E-state index is -1.49. The van der Waals surface area contributed by atoms with E-state index in [0.29, 0.717) is 103 Å². The Bertz CT molecular complexity index is 3800. The van der Waals surface area contributed by atoms with E-state index >= 15 is 0 Å². The lowest BCUT2D eigenvalue weighted by molar-refractivity contribution is -0.277. The molecule has 0 bridgehead atoms. The van der Waals surface area contributed by atoms with Crippen molar-refractivity contribution < 1.29 is 181 Å². The molecule has 0 aromatic heterocycles. The molecule has 0 aromatic carbocycles. The Morgan fingerprint density at radius 1 is 0.274 bits per heavy atom. The molecule has 3 aliphatic heterocycles. The lowest BCUT2D eigenvalue weighted by atomic mass is 9.96. The lowest BCUT2D eigenvalue weighted by Crippen LogP contribution is -2.66. The molecule has 828 valence electrons. The van der Waals surface area contributed by atoms with Crippen molar-refractivity contribution in [2.75, 3.05) is 132 Å². The van der Waals surface area contributed by atoms with E-state index in [1.54, 1.807) is 0 Å². The van der Waals surface area contributed by atoms with Crippen molar-refractivity contribution in [3.63, 3.8) is 0 Å². The van der Waals surface area contributed by atoms with E-state index in [1.807, 2.05) is 0 Å². The van der Waals surface area contributed by atoms with Gasteiger partial charge in [0.15, 0.2) is 55.5 Å². The Balaban J connectivity index is 1.70. The number of ether oxygens (including phenoxy) is 18. The smallest absolute Gasteiger partial charge is 0.303 e. The quantitative estimate of drug-likeness (QED) is 0.0102. The fraction of sp³-hybridized carbons (Fsp3) is 0.787. The van der Waals surface area contributed by atoms with Crippen molar-refractivity contribution in [3.05, 3.63) is 10.4 Å². The third kappa shape index (κ3) is 59.2. The summed E-state index contributed by atoms with van der Waals surface area (Å²) >= 11 is 0. The topological polar surface area (TPSA) is 689 Å². The average Bonchev–Trinajstić information content (AvgIpc) is 0.793. The molecular weight excluding hydrogens is 1930 g/mol. The van der Waals surface area contributed by atoms with Crippen molar-refractivity contribution in [2.24, 2.45) is 5.11 Å². The van der Waals surface area contributed by atoms with Crippen molar-refractivity contribution in [3.8, 4) is 0 Å². The number of unbranched alkanes of at least 4 members (excludes halogenated alkanes) is 10. The van der Waals surface area contributed by atoms with Crippen molar-refractivity contribution in [1.29, 1.82) is 0 Å². The van der Waals surface area contributed by atoms with Gasteiger partial charge in [-0.3, -0.25) is 95.9 Å². The van der Waals surface area contributed by atoms with Crippen LogP contribution in [0.5, 0.6) is 0 Å². The van der Waals surface area contributed by atoms with E-state index < -0.39 is 212 Å². The zero-order valence-corrected chi connectivity index (χ0v) is 86.0. The van der Waals surface area contributed by atoms with Crippen LogP contribution in [-0.2, 0) is 181 Å². The average molecular weight is 2090 g/mol. The molecule has 3 aliphatic rings. The van der Waals surface area contributed by atoms with Gasteiger partial charge in [-0.25, -0.2) is 0 Å². The molecule has 3 fully saturated rings. The summed E-state index contributed by atoms with van der Waals surface area (Å²) in [5.41, 5.74) is 6.98. The van der Waals surface area contributed by atoms with Crippen LogP contribution >= 0.6 is 0 Å². The SMILES string of the molecule is CC(=O)NC1C(OCCCCC(=O)NCCCNC(=O)CCOCC(COCCC(=O)NCCCNC(=O)CCCCOC2OC(COC(C)=O)C(OC(C)=O)C(OC(C)=O)C2NC(C)=O)(COCCC(=O)NCCCNC(=O)CCCCOC2OC(COC(C)=O)C(OC(C)=O)C(OC(C)=O)C2NC(C)=O)NC(=O)CCCCCCCCCCC(=O)NCCCN=[N+]=[N-])OC(COC(C)=O)C(OC(C)=O)C1OC(C)=O. The highest BCUT2D eigenvalue weighted by molar-refractivity contribution is 5.80. The summed E-state index contributed by atoms with van der Waals surface area (Å²) < 4.78 is 103. The molecule has 3 saturated heterocycles. The van der Waals surface area contributed by atoms with Gasteiger partial charge in [0.1, 0.15) is 61.8 Å². The van der Waals surface area contributed by atoms with Crippen molar-refractivity contribution >= 4 is 119 Å². The Labute approximate surface area is 849 Å². The van der Waals surface area contributed by atoms with E-state index in [1.165, 1.54) is 20.8 Å². The van der Waals surface area contributed by atoms with Crippen LogP contribution in [0.15, 0.2) is 5.11 Å². The minimum Gasteiger partial charge on any atom is -0.463 e. The maximum absolute atomic E-state index is 14.2. The standard InChI is InChI=1S/C94H154N14O38/c1-59(109)104-82-88(141-68(10)118)85(138-65(7)115)71(53-135-62(4)112)144-91(82)132-47-24-21-32-75(122)96-39-27-42-100-78(125)36-50-129-56-94(107-81(128)35-20-18-16-14-13-15-17-19-31-74(121)99-45-30-46-103-108-95,57-130-51-37-79(126)101-43-28-40-97-76(123)33-22-25-48-133-92-83(105-60(2)110)89(142-69(11)119)86(139-66(8)116)72(145-92)54-136-63(5)113)58-131-52-38-80(127)102-44-29-41-98-77(124)34-23-26-49-134-93-84(106-61(3)111)90(143-70(12)120)87(140-67(9)117)73(146-93)55-137-64(6)114/h71-73,82-93H,13-58H2,1-12H3,(H,96,122)(H,97,123)(H,98,124)(H,99,121)(H,100,125)(H,101,126)(H,102,127)(H,104,109)(H,105,110)(H,106,111)(H,107,128). The molecule has 0 saturated carbocycles. The number of nitrogens with zero attached hydrogens (tertiary/aromatic N) is 3. The Hall–Kier alpha value is -11.6. The number of hydrogen-bond donors (Lipinski definition) is 11. The molecular formula is C94H154N14O38. The molecule has 0 radical (unpaired) electrons. The maximum Gasteiger partial charge on any atom is 0.303 e. The van der Waals surface area contributed by atoms with Crippen molar-refractivity contribution in [2.45, 2.75) is 347 Å². The molecule has 0 aromatic rings. The number of esters is 9. The predicted molar refractivity (Wildman–Crippen MR) is 508 cm³/mol. The molecule has 3 rings (SSSR count). The first-order chi connectivity index (χ1) is 69.6. The molecule has 11 N–H and O–H groups in total. The van der Waals surface area contributed by atoms with Gasteiger partial charge in [-0.2, -0.15) is 0 Å². The van der Waals surface area contributed by atoms with E-state index in [2.05, 4.69) is 68.5 Å². The molecule has 0 spiro atoms. The zero-order valence-electron chi connectivity index (χ0n) is 86.0. The second-order valence-corrected chi connectivity index (χ2v) is 35.0. The van der Waals surface area contributed by atoms with E-state index in [9.17, 15) is 95.9 Å². The number of azide groups is 1. The number of carbonyl (C=O) groups excluding carboxylic acids is 20. The van der Waals surface area contributed by atoms with Gasteiger partial charge in [0.25, 0.3) is 0 Å². The summed E-state index contributed by atoms with van der Waals surface area (Å²) in [7, 11) is 0. The van der Waals surface area contributed by atoms with Gasteiger partial charge in [-0.1, -0.05) is 43.6 Å². The van der Waals surface area contributed by atoms with Crippen LogP contribution in [0.1, 0.15) is 250 Å². The van der Waals surface area contributed by atoms with E-state index in [4.69, 9.17) is 90.8 Å². The molecule has 146 heavy (non-hydrogen) atoms. The number of carbonyl (C=O) groups is 20. The predicted octanol–water partition coefficient (Wildman–Crippen LogP) is 1.18. The van der Waals surface area contributed by atoms with E-state index in [0.717, 1.165) is 94.4 Å². The highest BCUT2D eigenvalue weighted by atomic mass is 16.7. The Morgan fingerprint density at radius 3 is 0.753 bits per heavy atom. The summed E-state index contributed by atoms with van der Waals surface area (Å²) in [5, 5.41) is 34.0. The summed E-state index contributed by atoms with van der Waals surface area (Å²) in [6.07, 6.45) is -5.50. The lowest BCUT2D eigenvalue weighted by Gasteiger charge is -2.44. The molecule has 3 heterocycles. The van der Waals surface area contributed by atoms with Crippen LogP contribution in [0.2, 0.25) is 0 Å². The van der Waals surface area contributed by atoms with Crippen LogP contribution in [0.4, 0.5) is 0 Å². The van der Waals surface area contributed by atoms with Gasteiger partial charge < -0.3 is 144 Å². The van der Waals surface area contributed by atoms with Crippen LogP contribution in [0, 0.1) is 0 Å². The molecule has 52 heteroatoms. The molecule has 52 nitrogen and oxygen atoms in total. The van der Waals surface area contributed by atoms with E-state index in [-0.39, 0.29) is 167 Å². The molecule has 0 aliphatic carbocycles. The minimum absolute atomic E-state index is 0.0193. The van der Waals surface area contributed by atoms with Crippen LogP contribution in [0.25, 0.3) is 10.4 Å². The monoisotopic (exact) mass is 2090 g/mol. The van der Waals surface area contributed by atoms with Crippen LogP contribution in [-0.4, -0.2) is 348 Å². The van der Waals surface area contributed by atoms with Gasteiger partial charge in [0, 0.05) is 212 Å². The second kappa shape index (κ2) is 75.1. The summed E-state index contributed by atoms with van der Waals surface area (Å²) in [4.78, 5) is 254. The molecule has 15 unspecified atom stereocenters. The van der Waals surface area contributed by atoms with Crippen LogP contribution in [0.3, 0.4) is 0 Å². The third-order valence-corrected chi connectivity index (χ3v) is 21.8. The number of rotatable bonds is 76. The highest BCUT2D eigenvalue weighted by Gasteiger charge is 2.55. The van der Waals surface area contributed by atoms with Gasteiger partial charge in [-0.05, 0) is 82.6 Å². The number of amides is 11. The van der Waals surface area contributed by atoms with Gasteiger partial charge in [0.05, 0.1) is 39.6 Å². The fourth-order valence-electron chi connectivity index (χ4n) is 15.3. The summed E-state index contributed by atoms with van der Waals surface area (Å²) in [6.45, 7) is 12.7. The van der Waals surface area contributed by atoms with Gasteiger partial charge in [-0.15, -0.1) is 0 Å². The first-order valence-corrected chi connectivity index (χ1v) is 49.6. The van der Waals surface area contributed by atoms with Gasteiger partial charge in [0.2, 0.25) is 65.0 Å². The Morgan fingerprint density at radius 2 is 0.507 bits per heavy atom. The fourth-order valence-corrected chi connectivity index (χ4v) is 15.3. The number of nitrogens with one attached hydrogen (secondary N) is 11. The normalized spacial score (nSPS) is 20.7.